The number of aliphatic hydroxyl groups excluding tert-OH is 6. The second-order valence-corrected chi connectivity index (χ2v) is 8.39. The SMILES string of the molecule is CC(=O)N[C@@H]1[C@@H](O)[C@H](O)[C@@H](CO)O[C@H]1n1cc(CO[C@@H]2O[C@H](CO)[C@@H](O)[C@H](O)[C@H]2NC(C)=O)nn1. The van der Waals surface area contributed by atoms with Gasteiger partial charge in [-0.2, -0.15) is 0 Å². The highest BCUT2D eigenvalue weighted by atomic mass is 16.7. The van der Waals surface area contributed by atoms with Crippen molar-refractivity contribution in [3.8, 4) is 0 Å². The van der Waals surface area contributed by atoms with E-state index in [-0.39, 0.29) is 12.3 Å². The predicted molar refractivity (Wildman–Crippen MR) is 111 cm³/mol. The molecule has 0 aromatic carbocycles. The number of hydrogen-bond donors (Lipinski definition) is 8. The van der Waals surface area contributed by atoms with E-state index in [1.807, 2.05) is 0 Å². The van der Waals surface area contributed by atoms with Crippen LogP contribution in [0.5, 0.6) is 0 Å². The molecule has 0 radical (unpaired) electrons. The third-order valence-electron chi connectivity index (χ3n) is 5.73. The molecular formula is C19H31N5O11. The van der Waals surface area contributed by atoms with Gasteiger partial charge in [-0.1, -0.05) is 5.21 Å². The van der Waals surface area contributed by atoms with Crippen LogP contribution in [-0.4, -0.2) is 126 Å². The zero-order valence-corrected chi connectivity index (χ0v) is 19.0. The van der Waals surface area contributed by atoms with Gasteiger partial charge in [0.1, 0.15) is 54.4 Å². The second-order valence-electron chi connectivity index (χ2n) is 8.39. The Morgan fingerprint density at radius 2 is 1.49 bits per heavy atom. The van der Waals surface area contributed by atoms with Crippen molar-refractivity contribution in [2.75, 3.05) is 13.2 Å². The Bertz CT molecular complexity index is 872. The summed E-state index contributed by atoms with van der Waals surface area (Å²) in [4.78, 5) is 23.1. The maximum atomic E-state index is 11.6. The first-order valence-electron chi connectivity index (χ1n) is 10.9. The van der Waals surface area contributed by atoms with Crippen molar-refractivity contribution in [3.05, 3.63) is 11.9 Å². The number of amides is 2. The molecular weight excluding hydrogens is 474 g/mol. The molecule has 2 amide bonds. The standard InChI is InChI=1S/C19H31N5O11/c1-7(27)20-12-16(31)14(29)10(4-25)34-18(12)24-3-9(22-23-24)6-33-19-13(21-8(2)28)17(32)15(30)11(5-26)35-19/h3,10-19,25-26,29-32H,4-6H2,1-2H3,(H,20,27)(H,21,28)/t10-,11-,12-,13-,14-,15-,16-,17-,18-,19-/m1/s1. The molecule has 10 atom stereocenters. The number of ether oxygens (including phenoxy) is 3. The van der Waals surface area contributed by atoms with E-state index in [9.17, 15) is 40.2 Å². The molecule has 1 aromatic heterocycles. The Morgan fingerprint density at radius 1 is 0.943 bits per heavy atom. The molecule has 3 rings (SSSR count). The Kier molecular flexibility index (Phi) is 9.08. The van der Waals surface area contributed by atoms with Crippen LogP contribution in [0.15, 0.2) is 6.20 Å². The van der Waals surface area contributed by atoms with Gasteiger partial charge >= 0.3 is 0 Å². The monoisotopic (exact) mass is 505 g/mol. The molecule has 2 saturated heterocycles. The summed E-state index contributed by atoms with van der Waals surface area (Å²) < 4.78 is 17.9. The fourth-order valence-corrected chi connectivity index (χ4v) is 4.00. The van der Waals surface area contributed by atoms with Crippen LogP contribution >= 0.6 is 0 Å². The number of nitrogens with zero attached hydrogens (tertiary/aromatic N) is 3. The van der Waals surface area contributed by atoms with Crippen molar-refractivity contribution in [1.29, 1.82) is 0 Å². The minimum Gasteiger partial charge on any atom is -0.394 e. The van der Waals surface area contributed by atoms with Crippen molar-refractivity contribution < 1.29 is 54.4 Å². The first-order valence-corrected chi connectivity index (χ1v) is 10.9. The van der Waals surface area contributed by atoms with E-state index in [1.54, 1.807) is 0 Å². The summed E-state index contributed by atoms with van der Waals surface area (Å²) in [7, 11) is 0. The van der Waals surface area contributed by atoms with Gasteiger partial charge in [0.2, 0.25) is 11.8 Å². The van der Waals surface area contributed by atoms with Crippen molar-refractivity contribution in [3.63, 3.8) is 0 Å². The smallest absolute Gasteiger partial charge is 0.217 e. The van der Waals surface area contributed by atoms with E-state index in [0.717, 1.165) is 0 Å². The van der Waals surface area contributed by atoms with Gasteiger partial charge in [0.05, 0.1) is 26.0 Å². The van der Waals surface area contributed by atoms with Gasteiger partial charge in [0.25, 0.3) is 0 Å². The lowest BCUT2D eigenvalue weighted by Gasteiger charge is -2.42. The number of aromatic nitrogens is 3. The first kappa shape index (κ1) is 27.3. The van der Waals surface area contributed by atoms with Crippen LogP contribution in [0.1, 0.15) is 25.8 Å². The summed E-state index contributed by atoms with van der Waals surface area (Å²) >= 11 is 0. The Hall–Kier alpha value is -2.28. The number of nitrogens with one attached hydrogen (secondary N) is 2. The van der Waals surface area contributed by atoms with E-state index in [1.165, 1.54) is 24.7 Å². The van der Waals surface area contributed by atoms with Gasteiger partial charge in [-0.25, -0.2) is 4.68 Å². The molecule has 0 aliphatic carbocycles. The number of rotatable bonds is 8. The van der Waals surface area contributed by atoms with Crippen LogP contribution in [0, 0.1) is 0 Å². The lowest BCUT2D eigenvalue weighted by atomic mass is 9.96. The molecule has 198 valence electrons. The molecule has 0 saturated carbocycles. The molecule has 0 bridgehead atoms. The van der Waals surface area contributed by atoms with E-state index < -0.39 is 86.3 Å². The van der Waals surface area contributed by atoms with Gasteiger partial charge in [0, 0.05) is 13.8 Å². The van der Waals surface area contributed by atoms with Crippen LogP contribution in [0.4, 0.5) is 0 Å². The Balaban J connectivity index is 1.74. The number of carbonyl (C=O) groups is 2. The third kappa shape index (κ3) is 6.11. The second kappa shape index (κ2) is 11.6. The molecule has 16 nitrogen and oxygen atoms in total. The summed E-state index contributed by atoms with van der Waals surface area (Å²) in [6.45, 7) is 0.963. The van der Waals surface area contributed by atoms with E-state index in [4.69, 9.17) is 14.2 Å². The van der Waals surface area contributed by atoms with Crippen molar-refractivity contribution in [1.82, 2.24) is 25.6 Å². The van der Waals surface area contributed by atoms with Crippen LogP contribution in [-0.2, 0) is 30.4 Å². The highest BCUT2D eigenvalue weighted by Crippen LogP contribution is 2.28. The lowest BCUT2D eigenvalue weighted by molar-refractivity contribution is -0.273. The van der Waals surface area contributed by atoms with Crippen LogP contribution in [0.25, 0.3) is 0 Å². The topological polar surface area (TPSA) is 238 Å². The average molecular weight is 505 g/mol. The van der Waals surface area contributed by atoms with Gasteiger partial charge in [-0.05, 0) is 0 Å². The lowest BCUT2D eigenvalue weighted by Crippen LogP contribution is -2.64. The minimum absolute atomic E-state index is 0.211. The number of aliphatic hydroxyl groups is 6. The summed E-state index contributed by atoms with van der Waals surface area (Å²) in [5.41, 5.74) is 0.211. The van der Waals surface area contributed by atoms with Gasteiger partial charge in [-0.3, -0.25) is 9.59 Å². The molecule has 3 heterocycles. The minimum atomic E-state index is -1.48. The normalized spacial score (nSPS) is 37.6. The van der Waals surface area contributed by atoms with E-state index >= 15 is 0 Å². The van der Waals surface area contributed by atoms with Crippen LogP contribution in [0.2, 0.25) is 0 Å². The molecule has 35 heavy (non-hydrogen) atoms. The maximum absolute atomic E-state index is 11.6. The molecule has 8 N–H and O–H groups in total. The van der Waals surface area contributed by atoms with Gasteiger partial charge in [0.15, 0.2) is 12.5 Å². The van der Waals surface area contributed by atoms with Crippen LogP contribution < -0.4 is 10.6 Å². The third-order valence-corrected chi connectivity index (χ3v) is 5.73. The highest BCUT2D eigenvalue weighted by molar-refractivity contribution is 5.73. The van der Waals surface area contributed by atoms with Crippen LogP contribution in [0.3, 0.4) is 0 Å². The molecule has 0 spiro atoms. The van der Waals surface area contributed by atoms with E-state index in [0.29, 0.717) is 0 Å². The molecule has 2 aliphatic heterocycles. The zero-order valence-electron chi connectivity index (χ0n) is 19.0. The zero-order chi connectivity index (χ0) is 25.9. The summed E-state index contributed by atoms with van der Waals surface area (Å²) in [6, 6.07) is -2.26. The predicted octanol–water partition coefficient (Wildman–Crippen LogP) is -5.15. The summed E-state index contributed by atoms with van der Waals surface area (Å²) in [6.07, 6.45) is -9.22. The van der Waals surface area contributed by atoms with Crippen molar-refractivity contribution in [2.24, 2.45) is 0 Å². The largest absolute Gasteiger partial charge is 0.394 e. The first-order chi connectivity index (χ1) is 16.6. The Labute approximate surface area is 199 Å². The molecule has 2 aliphatic rings. The maximum Gasteiger partial charge on any atom is 0.217 e. The van der Waals surface area contributed by atoms with Crippen molar-refractivity contribution >= 4 is 11.8 Å². The van der Waals surface area contributed by atoms with Gasteiger partial charge in [-0.15, -0.1) is 5.10 Å². The number of hydrogen-bond acceptors (Lipinski definition) is 13. The highest BCUT2D eigenvalue weighted by Gasteiger charge is 2.47. The van der Waals surface area contributed by atoms with E-state index in [2.05, 4.69) is 20.9 Å². The quantitative estimate of drug-likeness (QED) is 0.165. The molecule has 16 heteroatoms. The fourth-order valence-electron chi connectivity index (χ4n) is 4.00. The average Bonchev–Trinajstić information content (AvgIpc) is 3.28. The molecule has 0 unspecified atom stereocenters. The molecule has 1 aromatic rings. The Morgan fingerprint density at radius 3 is 2.06 bits per heavy atom. The van der Waals surface area contributed by atoms with Crippen molar-refractivity contribution in [2.45, 2.75) is 81.7 Å². The summed E-state index contributed by atoms with van der Waals surface area (Å²) in [5.74, 6) is -1.01. The molecule has 2 fully saturated rings. The number of carbonyl (C=O) groups excluding carboxylic acids is 2. The summed E-state index contributed by atoms with van der Waals surface area (Å²) in [5, 5.41) is 72.6. The van der Waals surface area contributed by atoms with Gasteiger partial charge < -0.3 is 55.5 Å². The fraction of sp³-hybridized carbons (Fsp3) is 0.789.